The van der Waals surface area contributed by atoms with Gasteiger partial charge in [-0.15, -0.1) is 0 Å². The third kappa shape index (κ3) is 6.77. The molecule has 0 spiro atoms. The molecule has 1 unspecified atom stereocenters. The number of amides is 1. The molecule has 0 aromatic heterocycles. The van der Waals surface area contributed by atoms with E-state index in [0.29, 0.717) is 13.0 Å². The van der Waals surface area contributed by atoms with E-state index < -0.39 is 18.6 Å². The first-order chi connectivity index (χ1) is 8.92. The van der Waals surface area contributed by atoms with Crippen LogP contribution in [0.4, 0.5) is 13.2 Å². The van der Waals surface area contributed by atoms with E-state index in [-0.39, 0.29) is 25.6 Å². The van der Waals surface area contributed by atoms with Gasteiger partial charge in [-0.05, 0) is 25.7 Å². The monoisotopic (exact) mass is 282 g/mol. The molecule has 1 saturated heterocycles. The minimum absolute atomic E-state index is 0.00307. The van der Waals surface area contributed by atoms with Crippen molar-refractivity contribution in [3.8, 4) is 0 Å². The molecular weight excluding hydrogens is 261 g/mol. The van der Waals surface area contributed by atoms with Gasteiger partial charge in [-0.3, -0.25) is 4.79 Å². The Morgan fingerprint density at radius 3 is 2.63 bits per heavy atom. The maximum Gasteiger partial charge on any atom is 0.406 e. The Morgan fingerprint density at radius 2 is 2.11 bits per heavy atom. The molecule has 1 heterocycles. The molecule has 7 heteroatoms. The molecule has 1 aliphatic rings. The van der Waals surface area contributed by atoms with Crippen LogP contribution in [0.3, 0.4) is 0 Å². The van der Waals surface area contributed by atoms with Gasteiger partial charge in [-0.2, -0.15) is 13.2 Å². The molecule has 0 aromatic carbocycles. The van der Waals surface area contributed by atoms with Crippen molar-refractivity contribution in [3.63, 3.8) is 0 Å². The molecule has 2 N–H and O–H groups in total. The van der Waals surface area contributed by atoms with Crippen molar-refractivity contribution < 1.29 is 22.7 Å². The van der Waals surface area contributed by atoms with Crippen LogP contribution in [-0.2, 0) is 9.53 Å². The van der Waals surface area contributed by atoms with Gasteiger partial charge in [0, 0.05) is 26.1 Å². The van der Waals surface area contributed by atoms with Crippen LogP contribution in [0.1, 0.15) is 32.1 Å². The van der Waals surface area contributed by atoms with E-state index >= 15 is 0 Å². The molecule has 1 amide bonds. The third-order valence-corrected chi connectivity index (χ3v) is 3.08. The average molecular weight is 282 g/mol. The fourth-order valence-electron chi connectivity index (χ4n) is 2.14. The van der Waals surface area contributed by atoms with Crippen molar-refractivity contribution in [2.24, 2.45) is 5.73 Å². The summed E-state index contributed by atoms with van der Waals surface area (Å²) in [6.07, 6.45) is -0.872. The number of hydrogen-bond acceptors (Lipinski definition) is 3. The Hall–Kier alpha value is -0.820. The molecule has 1 atom stereocenters. The zero-order valence-electron chi connectivity index (χ0n) is 10.9. The van der Waals surface area contributed by atoms with Gasteiger partial charge in [0.2, 0.25) is 5.91 Å². The summed E-state index contributed by atoms with van der Waals surface area (Å²) in [4.78, 5) is 12.5. The second-order valence-electron chi connectivity index (χ2n) is 4.75. The van der Waals surface area contributed by atoms with E-state index in [0.717, 1.165) is 24.2 Å². The number of carbonyl (C=O) groups excluding carboxylic acids is 1. The fraction of sp³-hybridized carbons (Fsp3) is 0.917. The predicted molar refractivity (Wildman–Crippen MR) is 64.5 cm³/mol. The second kappa shape index (κ2) is 7.69. The van der Waals surface area contributed by atoms with Gasteiger partial charge in [0.15, 0.2) is 0 Å². The summed E-state index contributed by atoms with van der Waals surface area (Å²) in [6, 6.07) is 0. The summed E-state index contributed by atoms with van der Waals surface area (Å²) >= 11 is 0. The van der Waals surface area contributed by atoms with E-state index in [1.807, 2.05) is 0 Å². The Morgan fingerprint density at radius 1 is 1.37 bits per heavy atom. The highest BCUT2D eigenvalue weighted by Crippen LogP contribution is 2.20. The largest absolute Gasteiger partial charge is 0.406 e. The highest BCUT2D eigenvalue weighted by Gasteiger charge is 2.32. The number of alkyl halides is 3. The molecule has 0 radical (unpaired) electrons. The Bertz CT molecular complexity index is 279. The van der Waals surface area contributed by atoms with Crippen LogP contribution < -0.4 is 5.73 Å². The lowest BCUT2D eigenvalue weighted by Crippen LogP contribution is -2.42. The molecule has 1 fully saturated rings. The SMILES string of the molecule is NCCN(CC(F)(F)F)C(=O)CCC1CCCCO1. The molecular formula is C12H21F3N2O2. The molecule has 112 valence electrons. The van der Waals surface area contributed by atoms with Gasteiger partial charge in [-0.1, -0.05) is 0 Å². The first-order valence-electron chi connectivity index (χ1n) is 6.58. The smallest absolute Gasteiger partial charge is 0.378 e. The van der Waals surface area contributed by atoms with E-state index in [1.165, 1.54) is 0 Å². The van der Waals surface area contributed by atoms with Crippen molar-refractivity contribution in [1.29, 1.82) is 0 Å². The second-order valence-corrected chi connectivity index (χ2v) is 4.75. The lowest BCUT2D eigenvalue weighted by atomic mass is 10.0. The molecule has 0 bridgehead atoms. The Balaban J connectivity index is 2.38. The van der Waals surface area contributed by atoms with Crippen molar-refractivity contribution in [3.05, 3.63) is 0 Å². The minimum Gasteiger partial charge on any atom is -0.378 e. The lowest BCUT2D eigenvalue weighted by molar-refractivity contribution is -0.161. The zero-order chi connectivity index (χ0) is 14.3. The lowest BCUT2D eigenvalue weighted by Gasteiger charge is -2.26. The summed E-state index contributed by atoms with van der Waals surface area (Å²) in [5.74, 6) is -0.503. The van der Waals surface area contributed by atoms with Crippen LogP contribution in [0.5, 0.6) is 0 Å². The van der Waals surface area contributed by atoms with E-state index in [1.54, 1.807) is 0 Å². The maximum absolute atomic E-state index is 12.3. The third-order valence-electron chi connectivity index (χ3n) is 3.08. The summed E-state index contributed by atoms with van der Waals surface area (Å²) < 4.78 is 42.4. The van der Waals surface area contributed by atoms with Crippen molar-refractivity contribution in [2.45, 2.75) is 44.4 Å². The van der Waals surface area contributed by atoms with Crippen molar-refractivity contribution in [2.75, 3.05) is 26.2 Å². The standard InChI is InChI=1S/C12H21F3N2O2/c13-12(14,15)9-17(7-6-16)11(18)5-4-10-3-1-2-8-19-10/h10H,1-9,16H2. The van der Waals surface area contributed by atoms with Crippen LogP contribution in [-0.4, -0.2) is 49.3 Å². The average Bonchev–Trinajstić information content (AvgIpc) is 2.35. The quantitative estimate of drug-likeness (QED) is 0.806. The fourth-order valence-corrected chi connectivity index (χ4v) is 2.14. The van der Waals surface area contributed by atoms with E-state index in [4.69, 9.17) is 10.5 Å². The minimum atomic E-state index is -4.38. The number of hydrogen-bond donors (Lipinski definition) is 1. The summed E-state index contributed by atoms with van der Waals surface area (Å²) in [5, 5.41) is 0. The van der Waals surface area contributed by atoms with Crippen LogP contribution in [0, 0.1) is 0 Å². The first-order valence-corrected chi connectivity index (χ1v) is 6.58. The van der Waals surface area contributed by atoms with Gasteiger partial charge in [0.25, 0.3) is 0 Å². The summed E-state index contributed by atoms with van der Waals surface area (Å²) in [5.41, 5.74) is 5.24. The number of carbonyl (C=O) groups is 1. The van der Waals surface area contributed by atoms with Gasteiger partial charge >= 0.3 is 6.18 Å². The highest BCUT2D eigenvalue weighted by atomic mass is 19.4. The molecule has 0 aliphatic carbocycles. The number of rotatable bonds is 6. The topological polar surface area (TPSA) is 55.6 Å². The summed E-state index contributed by atoms with van der Waals surface area (Å²) in [6.45, 7) is -0.589. The number of ether oxygens (including phenoxy) is 1. The van der Waals surface area contributed by atoms with E-state index in [9.17, 15) is 18.0 Å². The highest BCUT2D eigenvalue weighted by molar-refractivity contribution is 5.76. The van der Waals surface area contributed by atoms with Crippen LogP contribution in [0.25, 0.3) is 0 Å². The summed E-state index contributed by atoms with van der Waals surface area (Å²) in [7, 11) is 0. The van der Waals surface area contributed by atoms with Crippen LogP contribution >= 0.6 is 0 Å². The molecule has 4 nitrogen and oxygen atoms in total. The van der Waals surface area contributed by atoms with Crippen molar-refractivity contribution in [1.82, 2.24) is 4.90 Å². The zero-order valence-corrected chi connectivity index (χ0v) is 10.9. The van der Waals surface area contributed by atoms with Gasteiger partial charge < -0.3 is 15.4 Å². The van der Waals surface area contributed by atoms with Gasteiger partial charge in [0.05, 0.1) is 6.10 Å². The normalized spacial score (nSPS) is 20.3. The number of halogens is 3. The molecule has 19 heavy (non-hydrogen) atoms. The molecule has 1 rings (SSSR count). The maximum atomic E-state index is 12.3. The van der Waals surface area contributed by atoms with Crippen LogP contribution in [0.15, 0.2) is 0 Å². The number of nitrogens with zero attached hydrogens (tertiary/aromatic N) is 1. The molecule has 0 aromatic rings. The van der Waals surface area contributed by atoms with Crippen molar-refractivity contribution >= 4 is 5.91 Å². The Labute approximate surface area is 111 Å². The van der Waals surface area contributed by atoms with Crippen LogP contribution in [0.2, 0.25) is 0 Å². The first kappa shape index (κ1) is 16.2. The Kier molecular flexibility index (Phi) is 6.57. The predicted octanol–water partition coefficient (Wildman–Crippen LogP) is 1.69. The molecule has 0 saturated carbocycles. The molecule has 1 aliphatic heterocycles. The number of nitrogens with two attached hydrogens (primary N) is 1. The van der Waals surface area contributed by atoms with Gasteiger partial charge in [-0.25, -0.2) is 0 Å². The van der Waals surface area contributed by atoms with E-state index in [2.05, 4.69) is 0 Å². The van der Waals surface area contributed by atoms with Gasteiger partial charge in [0.1, 0.15) is 6.54 Å².